The standard InChI is InChI=1S/C55H38/c1-55(2)51-30-29-44(33-49(51)50-32-41-13-5-6-14-42(41)34-52(50)55)37-21-26-39(27-22-37)54-47-17-9-7-15-45(47)53(46-16-8-10-18-48(46)54)38-24-19-36(20-25-38)43-28-23-35-11-3-4-12-40(35)31-43/h3-34H,1-2H3. The predicted molar refractivity (Wildman–Crippen MR) is 236 cm³/mol. The zero-order valence-corrected chi connectivity index (χ0v) is 31.0. The lowest BCUT2D eigenvalue weighted by Crippen LogP contribution is -2.14. The molecule has 0 amide bonds. The van der Waals surface area contributed by atoms with Crippen molar-refractivity contribution in [3.63, 3.8) is 0 Å². The maximum atomic E-state index is 2.41. The Labute approximate surface area is 322 Å². The highest BCUT2D eigenvalue weighted by molar-refractivity contribution is 6.21. The summed E-state index contributed by atoms with van der Waals surface area (Å²) >= 11 is 0. The van der Waals surface area contributed by atoms with E-state index in [2.05, 4.69) is 208 Å². The maximum Gasteiger partial charge on any atom is 0.0159 e. The van der Waals surface area contributed by atoms with Gasteiger partial charge in [0.2, 0.25) is 0 Å². The van der Waals surface area contributed by atoms with Crippen LogP contribution in [0.5, 0.6) is 0 Å². The molecule has 0 heteroatoms. The molecule has 55 heavy (non-hydrogen) atoms. The van der Waals surface area contributed by atoms with Gasteiger partial charge in [0.15, 0.2) is 0 Å². The van der Waals surface area contributed by atoms with Crippen LogP contribution in [0.3, 0.4) is 0 Å². The Hall–Kier alpha value is -6.76. The molecule has 0 saturated carbocycles. The Balaban J connectivity index is 0.997. The summed E-state index contributed by atoms with van der Waals surface area (Å²) in [4.78, 5) is 0. The Kier molecular flexibility index (Phi) is 7.00. The van der Waals surface area contributed by atoms with Crippen LogP contribution in [0.15, 0.2) is 194 Å². The van der Waals surface area contributed by atoms with Crippen LogP contribution in [0.25, 0.3) is 98.7 Å². The highest BCUT2D eigenvalue weighted by Crippen LogP contribution is 2.51. The van der Waals surface area contributed by atoms with E-state index in [1.807, 2.05) is 0 Å². The minimum absolute atomic E-state index is 0.0371. The Morgan fingerprint density at radius 3 is 1.20 bits per heavy atom. The second-order valence-corrected chi connectivity index (χ2v) is 15.7. The van der Waals surface area contributed by atoms with Crippen molar-refractivity contribution in [2.45, 2.75) is 19.3 Å². The molecule has 0 N–H and O–H groups in total. The van der Waals surface area contributed by atoms with Crippen molar-refractivity contribution >= 4 is 43.1 Å². The van der Waals surface area contributed by atoms with E-state index in [0.717, 1.165) is 0 Å². The smallest absolute Gasteiger partial charge is 0.0159 e. The van der Waals surface area contributed by atoms with Crippen molar-refractivity contribution in [1.82, 2.24) is 0 Å². The second-order valence-electron chi connectivity index (χ2n) is 15.7. The maximum absolute atomic E-state index is 2.41. The van der Waals surface area contributed by atoms with Crippen molar-refractivity contribution in [1.29, 1.82) is 0 Å². The highest BCUT2D eigenvalue weighted by Gasteiger charge is 2.35. The molecule has 0 saturated heterocycles. The minimum Gasteiger partial charge on any atom is -0.0616 e. The molecule has 0 aromatic heterocycles. The molecule has 0 nitrogen and oxygen atoms in total. The summed E-state index contributed by atoms with van der Waals surface area (Å²) < 4.78 is 0. The SMILES string of the molecule is CC1(C)c2ccc(-c3ccc(-c4c5ccccc5c(-c5ccc(-c6ccc7ccccc7c6)cc5)c5ccccc45)cc3)cc2-c2cc3ccccc3cc21. The number of benzene rings is 10. The monoisotopic (exact) mass is 698 g/mol. The lowest BCUT2D eigenvalue weighted by Gasteiger charge is -2.22. The first-order valence-corrected chi connectivity index (χ1v) is 19.3. The fourth-order valence-electron chi connectivity index (χ4n) is 9.39. The topological polar surface area (TPSA) is 0 Å². The van der Waals surface area contributed by atoms with E-state index in [4.69, 9.17) is 0 Å². The van der Waals surface area contributed by atoms with Gasteiger partial charge in [-0.15, -0.1) is 0 Å². The second kappa shape index (κ2) is 12.1. The van der Waals surface area contributed by atoms with Crippen LogP contribution in [0, 0.1) is 0 Å². The van der Waals surface area contributed by atoms with Gasteiger partial charge in [0.1, 0.15) is 0 Å². The summed E-state index contributed by atoms with van der Waals surface area (Å²) in [7, 11) is 0. The van der Waals surface area contributed by atoms with Crippen LogP contribution in [0.2, 0.25) is 0 Å². The van der Waals surface area contributed by atoms with E-state index in [1.54, 1.807) is 0 Å². The molecule has 0 spiro atoms. The first-order valence-electron chi connectivity index (χ1n) is 19.3. The van der Waals surface area contributed by atoms with Gasteiger partial charge in [-0.2, -0.15) is 0 Å². The van der Waals surface area contributed by atoms with E-state index >= 15 is 0 Å². The molecule has 0 fully saturated rings. The van der Waals surface area contributed by atoms with Gasteiger partial charge < -0.3 is 0 Å². The molecule has 0 bridgehead atoms. The van der Waals surface area contributed by atoms with Gasteiger partial charge in [0, 0.05) is 5.41 Å². The zero-order chi connectivity index (χ0) is 36.7. The summed E-state index contributed by atoms with van der Waals surface area (Å²) in [6, 6.07) is 72.2. The van der Waals surface area contributed by atoms with Crippen LogP contribution >= 0.6 is 0 Å². The van der Waals surface area contributed by atoms with E-state index in [9.17, 15) is 0 Å². The summed E-state index contributed by atoms with van der Waals surface area (Å²) in [5.74, 6) is 0. The lowest BCUT2D eigenvalue weighted by molar-refractivity contribution is 0.661. The quantitative estimate of drug-likeness (QED) is 0.161. The average molecular weight is 699 g/mol. The van der Waals surface area contributed by atoms with Gasteiger partial charge in [-0.1, -0.05) is 184 Å². The van der Waals surface area contributed by atoms with E-state index in [-0.39, 0.29) is 5.41 Å². The average Bonchev–Trinajstić information content (AvgIpc) is 3.46. The van der Waals surface area contributed by atoms with Gasteiger partial charge in [0.25, 0.3) is 0 Å². The Morgan fingerprint density at radius 2 is 0.655 bits per heavy atom. The van der Waals surface area contributed by atoms with E-state index in [0.29, 0.717) is 0 Å². The third-order valence-electron chi connectivity index (χ3n) is 12.2. The fraction of sp³-hybridized carbons (Fsp3) is 0.0545. The third kappa shape index (κ3) is 4.99. The van der Waals surface area contributed by atoms with Crippen molar-refractivity contribution in [2.24, 2.45) is 0 Å². The van der Waals surface area contributed by atoms with E-state index < -0.39 is 0 Å². The molecule has 0 aliphatic heterocycles. The molecule has 0 heterocycles. The van der Waals surface area contributed by atoms with Crippen LogP contribution < -0.4 is 0 Å². The number of hydrogen-bond donors (Lipinski definition) is 0. The number of rotatable bonds is 4. The van der Waals surface area contributed by atoms with Crippen LogP contribution in [0.1, 0.15) is 25.0 Å². The molecule has 1 aliphatic carbocycles. The van der Waals surface area contributed by atoms with Crippen molar-refractivity contribution in [3.05, 3.63) is 205 Å². The lowest BCUT2D eigenvalue weighted by atomic mass is 9.81. The van der Waals surface area contributed by atoms with Crippen molar-refractivity contribution in [2.75, 3.05) is 0 Å². The molecule has 11 rings (SSSR count). The largest absolute Gasteiger partial charge is 0.0616 e. The zero-order valence-electron chi connectivity index (χ0n) is 31.0. The Bertz CT molecular complexity index is 3080. The molecule has 258 valence electrons. The van der Waals surface area contributed by atoms with Gasteiger partial charge in [-0.25, -0.2) is 0 Å². The normalized spacial score (nSPS) is 13.1. The molecule has 0 radical (unpaired) electrons. The van der Waals surface area contributed by atoms with Gasteiger partial charge >= 0.3 is 0 Å². The summed E-state index contributed by atoms with van der Waals surface area (Å²) in [5, 5.41) is 10.2. The fourth-order valence-corrected chi connectivity index (χ4v) is 9.39. The van der Waals surface area contributed by atoms with E-state index in [1.165, 1.54) is 110 Å². The van der Waals surface area contributed by atoms with Crippen molar-refractivity contribution < 1.29 is 0 Å². The molecule has 10 aromatic carbocycles. The van der Waals surface area contributed by atoms with Gasteiger partial charge in [0.05, 0.1) is 0 Å². The predicted octanol–water partition coefficient (Wildman–Crippen LogP) is 15.3. The molecular formula is C55H38. The molecule has 0 unspecified atom stereocenters. The molecule has 10 aromatic rings. The molecule has 0 atom stereocenters. The Morgan fingerprint density at radius 1 is 0.273 bits per heavy atom. The molecular weight excluding hydrogens is 661 g/mol. The van der Waals surface area contributed by atoms with Crippen LogP contribution in [-0.2, 0) is 5.41 Å². The third-order valence-corrected chi connectivity index (χ3v) is 12.2. The van der Waals surface area contributed by atoms with Crippen LogP contribution in [0.4, 0.5) is 0 Å². The van der Waals surface area contributed by atoms with Crippen LogP contribution in [-0.4, -0.2) is 0 Å². The van der Waals surface area contributed by atoms with Crippen molar-refractivity contribution in [3.8, 4) is 55.6 Å². The number of hydrogen-bond acceptors (Lipinski definition) is 0. The highest BCUT2D eigenvalue weighted by atomic mass is 14.4. The first kappa shape index (κ1) is 31.7. The molecule has 1 aliphatic rings. The first-order chi connectivity index (χ1) is 27.0. The summed E-state index contributed by atoms with van der Waals surface area (Å²) in [5.41, 5.74) is 15.5. The minimum atomic E-state index is -0.0371. The summed E-state index contributed by atoms with van der Waals surface area (Å²) in [6.45, 7) is 4.73. The van der Waals surface area contributed by atoms with Gasteiger partial charge in [-0.3, -0.25) is 0 Å². The summed E-state index contributed by atoms with van der Waals surface area (Å²) in [6.07, 6.45) is 0. The number of fused-ring (bicyclic) bond motifs is 7. The van der Waals surface area contributed by atoms with Gasteiger partial charge in [-0.05, 0) is 134 Å².